The van der Waals surface area contributed by atoms with Crippen molar-refractivity contribution in [1.82, 2.24) is 9.88 Å². The Bertz CT molecular complexity index is 735. The summed E-state index contributed by atoms with van der Waals surface area (Å²) >= 11 is 1.19. The summed E-state index contributed by atoms with van der Waals surface area (Å²) in [5.74, 6) is -1.13. The third-order valence-electron chi connectivity index (χ3n) is 3.49. The van der Waals surface area contributed by atoms with Gasteiger partial charge in [0.1, 0.15) is 16.5 Å². The number of amides is 1. The van der Waals surface area contributed by atoms with Gasteiger partial charge < -0.3 is 14.4 Å². The Morgan fingerprint density at radius 3 is 2.68 bits per heavy atom. The molecule has 0 saturated carbocycles. The van der Waals surface area contributed by atoms with Crippen LogP contribution in [0.25, 0.3) is 10.6 Å². The van der Waals surface area contributed by atoms with Gasteiger partial charge in [0.25, 0.3) is 5.91 Å². The molecule has 0 fully saturated rings. The van der Waals surface area contributed by atoms with E-state index < -0.39 is 11.8 Å². The van der Waals surface area contributed by atoms with Crippen LogP contribution in [0.1, 0.15) is 16.9 Å². The van der Waals surface area contributed by atoms with Gasteiger partial charge >= 0.3 is 5.97 Å². The molecule has 0 N–H and O–H groups in total. The van der Waals surface area contributed by atoms with Gasteiger partial charge in [-0.05, 0) is 12.1 Å². The smallest absolute Gasteiger partial charge is 0.307 e. The summed E-state index contributed by atoms with van der Waals surface area (Å²) in [7, 11) is 2.83. The van der Waals surface area contributed by atoms with E-state index in [0.29, 0.717) is 23.7 Å². The number of hydrogen-bond acceptors (Lipinski definition) is 6. The first kappa shape index (κ1) is 19.0. The Balaban J connectivity index is 2.15. The summed E-state index contributed by atoms with van der Waals surface area (Å²) in [5, 5.41) is 2.02. The largest absolute Gasteiger partial charge is 0.469 e. The molecule has 1 amide bonds. The third kappa shape index (κ3) is 5.07. The number of hydrogen-bond donors (Lipinski definition) is 0. The summed E-state index contributed by atoms with van der Waals surface area (Å²) < 4.78 is 23.5. The Morgan fingerprint density at radius 1 is 1.24 bits per heavy atom. The molecule has 0 bridgehead atoms. The molecule has 1 heterocycles. The second-order valence-electron chi connectivity index (χ2n) is 5.13. The summed E-state index contributed by atoms with van der Waals surface area (Å²) in [4.78, 5) is 29.7. The van der Waals surface area contributed by atoms with Gasteiger partial charge in [-0.2, -0.15) is 0 Å². The van der Waals surface area contributed by atoms with Crippen molar-refractivity contribution in [3.63, 3.8) is 0 Å². The fraction of sp³-hybridized carbons (Fsp3) is 0.353. The minimum Gasteiger partial charge on any atom is -0.469 e. The van der Waals surface area contributed by atoms with Crippen LogP contribution in [0.2, 0.25) is 0 Å². The maximum atomic E-state index is 13.9. The summed E-state index contributed by atoms with van der Waals surface area (Å²) in [6, 6.07) is 6.27. The van der Waals surface area contributed by atoms with Crippen molar-refractivity contribution in [3.8, 4) is 10.6 Å². The van der Waals surface area contributed by atoms with E-state index in [9.17, 15) is 14.0 Å². The average Bonchev–Trinajstić information content (AvgIpc) is 3.11. The van der Waals surface area contributed by atoms with Crippen molar-refractivity contribution in [3.05, 3.63) is 41.2 Å². The van der Waals surface area contributed by atoms with Gasteiger partial charge in [0.05, 0.1) is 20.1 Å². The molecule has 2 rings (SSSR count). The minimum absolute atomic E-state index is 0.0796. The van der Waals surface area contributed by atoms with E-state index in [0.717, 1.165) is 0 Å². The normalized spacial score (nSPS) is 10.5. The van der Waals surface area contributed by atoms with Crippen molar-refractivity contribution in [2.75, 3.05) is 33.9 Å². The van der Waals surface area contributed by atoms with Crippen LogP contribution in [0.3, 0.4) is 0 Å². The van der Waals surface area contributed by atoms with Crippen molar-refractivity contribution >= 4 is 23.2 Å². The molecule has 2 aromatic rings. The Labute approximate surface area is 149 Å². The molecule has 0 aliphatic carbocycles. The molecule has 0 saturated heterocycles. The van der Waals surface area contributed by atoms with Crippen LogP contribution in [0, 0.1) is 5.82 Å². The molecular formula is C17H19FN2O4S. The van der Waals surface area contributed by atoms with Crippen molar-refractivity contribution < 1.29 is 23.5 Å². The lowest BCUT2D eigenvalue weighted by Crippen LogP contribution is -2.36. The molecular weight excluding hydrogens is 347 g/mol. The number of carbonyl (C=O) groups is 2. The van der Waals surface area contributed by atoms with Gasteiger partial charge in [-0.15, -0.1) is 11.3 Å². The van der Waals surface area contributed by atoms with Crippen molar-refractivity contribution in [2.24, 2.45) is 0 Å². The number of esters is 1. The molecule has 0 atom stereocenters. The Morgan fingerprint density at radius 2 is 2.00 bits per heavy atom. The summed E-state index contributed by atoms with van der Waals surface area (Å²) in [6.45, 7) is 0.845. The van der Waals surface area contributed by atoms with Gasteiger partial charge in [-0.1, -0.05) is 12.1 Å². The number of nitrogens with zero attached hydrogens (tertiary/aromatic N) is 2. The molecule has 134 valence electrons. The fourth-order valence-electron chi connectivity index (χ4n) is 2.14. The topological polar surface area (TPSA) is 68.7 Å². The van der Waals surface area contributed by atoms with Crippen LogP contribution in [0.4, 0.5) is 4.39 Å². The SMILES string of the molecule is COCCN(CCC(=O)OC)C(=O)c1csc(-c2ccccc2F)n1. The first-order valence-corrected chi connectivity index (χ1v) is 8.50. The molecule has 0 spiro atoms. The zero-order valence-electron chi connectivity index (χ0n) is 14.0. The molecule has 0 radical (unpaired) electrons. The number of rotatable bonds is 8. The average molecular weight is 366 g/mol. The molecule has 25 heavy (non-hydrogen) atoms. The quantitative estimate of drug-likeness (QED) is 0.672. The molecule has 1 aromatic carbocycles. The summed E-state index contributed by atoms with van der Waals surface area (Å²) in [6.07, 6.45) is 0.0796. The number of aromatic nitrogens is 1. The van der Waals surface area contributed by atoms with E-state index in [2.05, 4.69) is 9.72 Å². The molecule has 0 unspecified atom stereocenters. The van der Waals surface area contributed by atoms with Crippen LogP contribution < -0.4 is 0 Å². The van der Waals surface area contributed by atoms with E-state index >= 15 is 0 Å². The first-order valence-electron chi connectivity index (χ1n) is 7.62. The maximum Gasteiger partial charge on any atom is 0.307 e. The fourth-order valence-corrected chi connectivity index (χ4v) is 2.96. The van der Waals surface area contributed by atoms with Crippen LogP contribution in [0.5, 0.6) is 0 Å². The number of thiazole rings is 1. The maximum absolute atomic E-state index is 13.9. The lowest BCUT2D eigenvalue weighted by Gasteiger charge is -2.20. The standard InChI is InChI=1S/C17H19FN2O4S/c1-23-10-9-20(8-7-15(21)24-2)17(22)14-11-25-16(19-14)12-5-3-4-6-13(12)18/h3-6,11H,7-10H2,1-2H3. The van der Waals surface area contributed by atoms with Crippen LogP contribution in [-0.4, -0.2) is 55.7 Å². The van der Waals surface area contributed by atoms with E-state index in [1.165, 1.54) is 36.5 Å². The second-order valence-corrected chi connectivity index (χ2v) is 5.99. The van der Waals surface area contributed by atoms with Gasteiger partial charge in [-0.3, -0.25) is 9.59 Å². The lowest BCUT2D eigenvalue weighted by atomic mass is 10.2. The molecule has 0 aliphatic rings. The van der Waals surface area contributed by atoms with Crippen LogP contribution in [0.15, 0.2) is 29.6 Å². The molecule has 1 aromatic heterocycles. The van der Waals surface area contributed by atoms with Gasteiger partial charge in [0, 0.05) is 31.1 Å². The van der Waals surface area contributed by atoms with Gasteiger partial charge in [0.15, 0.2) is 0 Å². The van der Waals surface area contributed by atoms with Gasteiger partial charge in [0.2, 0.25) is 0 Å². The number of ether oxygens (including phenoxy) is 2. The highest BCUT2D eigenvalue weighted by Crippen LogP contribution is 2.26. The Hall–Kier alpha value is -2.32. The number of halogens is 1. The monoisotopic (exact) mass is 366 g/mol. The molecule has 6 nitrogen and oxygen atoms in total. The number of benzene rings is 1. The van der Waals surface area contributed by atoms with E-state index in [1.54, 1.807) is 23.6 Å². The molecule has 8 heteroatoms. The van der Waals surface area contributed by atoms with Crippen molar-refractivity contribution in [2.45, 2.75) is 6.42 Å². The minimum atomic E-state index is -0.402. The van der Waals surface area contributed by atoms with E-state index in [4.69, 9.17) is 4.74 Å². The number of carbonyl (C=O) groups excluding carboxylic acids is 2. The highest BCUT2D eigenvalue weighted by Gasteiger charge is 2.20. The Kier molecular flexibility index (Phi) is 7.03. The highest BCUT2D eigenvalue weighted by molar-refractivity contribution is 7.13. The van der Waals surface area contributed by atoms with Gasteiger partial charge in [-0.25, -0.2) is 9.37 Å². The van der Waals surface area contributed by atoms with Crippen molar-refractivity contribution in [1.29, 1.82) is 0 Å². The zero-order valence-corrected chi connectivity index (χ0v) is 14.8. The highest BCUT2D eigenvalue weighted by atomic mass is 32.1. The zero-order chi connectivity index (χ0) is 18.2. The van der Waals surface area contributed by atoms with E-state index in [-0.39, 0.29) is 24.6 Å². The third-order valence-corrected chi connectivity index (χ3v) is 4.37. The van der Waals surface area contributed by atoms with Crippen LogP contribution >= 0.6 is 11.3 Å². The molecule has 0 aliphatic heterocycles. The first-order chi connectivity index (χ1) is 12.1. The second kappa shape index (κ2) is 9.24. The lowest BCUT2D eigenvalue weighted by molar-refractivity contribution is -0.140. The van der Waals surface area contributed by atoms with E-state index in [1.807, 2.05) is 0 Å². The predicted octanol–water partition coefficient (Wildman–Crippen LogP) is 2.60. The number of methoxy groups -OCH3 is 2. The predicted molar refractivity (Wildman–Crippen MR) is 91.9 cm³/mol. The van der Waals surface area contributed by atoms with Crippen LogP contribution in [-0.2, 0) is 14.3 Å². The summed E-state index contributed by atoms with van der Waals surface area (Å²) in [5.41, 5.74) is 0.564.